The molecule has 2 aliphatic carbocycles. The molecule has 1 N–H and O–H groups in total. The molecule has 3 heteroatoms. The summed E-state index contributed by atoms with van der Waals surface area (Å²) in [4.78, 5) is 4.77. The number of nitrogens with one attached hydrogen (secondary N) is 1. The third-order valence-electron chi connectivity index (χ3n) is 4.70. The first-order valence-corrected chi connectivity index (χ1v) is 7.95. The molecule has 2 aliphatic rings. The van der Waals surface area contributed by atoms with Gasteiger partial charge in [-0.05, 0) is 56.1 Å². The van der Waals surface area contributed by atoms with Gasteiger partial charge in [0.25, 0.3) is 0 Å². The molecular weight excluding hydrogens is 246 g/mol. The predicted octanol–water partition coefficient (Wildman–Crippen LogP) is 3.82. The number of anilines is 1. The van der Waals surface area contributed by atoms with Crippen molar-refractivity contribution in [1.82, 2.24) is 4.98 Å². The third kappa shape index (κ3) is 2.80. The Kier molecular flexibility index (Phi) is 3.91. The van der Waals surface area contributed by atoms with Gasteiger partial charge in [-0.3, -0.25) is 0 Å². The zero-order valence-electron chi connectivity index (χ0n) is 12.3. The van der Waals surface area contributed by atoms with Crippen molar-refractivity contribution < 1.29 is 0 Å². The first-order chi connectivity index (χ1) is 9.76. The molecule has 0 saturated heterocycles. The van der Waals surface area contributed by atoms with Gasteiger partial charge in [0.05, 0.1) is 5.56 Å². The average molecular weight is 269 g/mol. The molecule has 1 heterocycles. The number of hydrogen-bond donors (Lipinski definition) is 1. The summed E-state index contributed by atoms with van der Waals surface area (Å²) in [6, 6.07) is 4.87. The van der Waals surface area contributed by atoms with E-state index in [9.17, 15) is 5.26 Å². The van der Waals surface area contributed by atoms with Crippen LogP contribution in [0.1, 0.15) is 62.3 Å². The van der Waals surface area contributed by atoms with Crippen molar-refractivity contribution in [3.8, 4) is 6.07 Å². The minimum atomic E-state index is 0.486. The number of nitrogens with zero attached hydrogens (tertiary/aromatic N) is 2. The average Bonchev–Trinajstić information content (AvgIpc) is 2.46. The second-order valence-corrected chi connectivity index (χ2v) is 6.42. The van der Waals surface area contributed by atoms with E-state index in [4.69, 9.17) is 4.98 Å². The summed E-state index contributed by atoms with van der Waals surface area (Å²) in [5.41, 5.74) is 3.22. The van der Waals surface area contributed by atoms with E-state index in [1.54, 1.807) is 0 Å². The summed E-state index contributed by atoms with van der Waals surface area (Å²) in [6.07, 6.45) is 9.62. The van der Waals surface area contributed by atoms with Gasteiger partial charge in [-0.15, -0.1) is 0 Å². The number of fused-ring (bicyclic) bond motifs is 1. The fourth-order valence-corrected chi connectivity index (χ4v) is 3.59. The van der Waals surface area contributed by atoms with E-state index in [1.807, 2.05) is 0 Å². The van der Waals surface area contributed by atoms with Gasteiger partial charge in [0.2, 0.25) is 0 Å². The Morgan fingerprint density at radius 1 is 1.25 bits per heavy atom. The van der Waals surface area contributed by atoms with E-state index in [1.165, 1.54) is 49.8 Å². The lowest BCUT2D eigenvalue weighted by Crippen LogP contribution is -2.27. The van der Waals surface area contributed by atoms with Crippen LogP contribution in [-0.4, -0.2) is 11.0 Å². The SMILES string of the molecule is CC1CCCC(Nc2nc3c(cc2C#N)CCCC3)C1. The molecule has 1 saturated carbocycles. The molecule has 1 aromatic heterocycles. The van der Waals surface area contributed by atoms with Crippen LogP contribution in [0.4, 0.5) is 5.82 Å². The van der Waals surface area contributed by atoms with Crippen molar-refractivity contribution in [2.75, 3.05) is 5.32 Å². The van der Waals surface area contributed by atoms with Gasteiger partial charge in [-0.2, -0.15) is 5.26 Å². The molecule has 0 bridgehead atoms. The second-order valence-electron chi connectivity index (χ2n) is 6.42. The van der Waals surface area contributed by atoms with Crippen LogP contribution in [0.3, 0.4) is 0 Å². The summed E-state index contributed by atoms with van der Waals surface area (Å²) in [5.74, 6) is 1.61. The van der Waals surface area contributed by atoms with E-state index < -0.39 is 0 Å². The lowest BCUT2D eigenvalue weighted by Gasteiger charge is -2.28. The van der Waals surface area contributed by atoms with E-state index in [0.29, 0.717) is 6.04 Å². The Hall–Kier alpha value is -1.56. The van der Waals surface area contributed by atoms with Crippen molar-refractivity contribution in [3.05, 3.63) is 22.9 Å². The standard InChI is InChI=1S/C17H23N3/c1-12-5-4-7-15(9-12)19-17-14(11-18)10-13-6-2-3-8-16(13)20-17/h10,12,15H,2-9H2,1H3,(H,19,20). The smallest absolute Gasteiger partial charge is 0.144 e. The van der Waals surface area contributed by atoms with E-state index >= 15 is 0 Å². The molecule has 0 aromatic carbocycles. The van der Waals surface area contributed by atoms with Gasteiger partial charge in [0.15, 0.2) is 0 Å². The number of nitriles is 1. The van der Waals surface area contributed by atoms with Crippen molar-refractivity contribution in [3.63, 3.8) is 0 Å². The normalized spacial score (nSPS) is 25.6. The zero-order chi connectivity index (χ0) is 13.9. The zero-order valence-corrected chi connectivity index (χ0v) is 12.3. The fourth-order valence-electron chi connectivity index (χ4n) is 3.59. The molecule has 0 spiro atoms. The molecule has 1 fully saturated rings. The van der Waals surface area contributed by atoms with Gasteiger partial charge in [-0.25, -0.2) is 4.98 Å². The highest BCUT2D eigenvalue weighted by Gasteiger charge is 2.21. The Bertz CT molecular complexity index is 530. The second kappa shape index (κ2) is 5.83. The van der Waals surface area contributed by atoms with Crippen molar-refractivity contribution >= 4 is 5.82 Å². The number of aryl methyl sites for hydroxylation is 2. The quantitative estimate of drug-likeness (QED) is 0.887. The minimum Gasteiger partial charge on any atom is -0.366 e. The van der Waals surface area contributed by atoms with Crippen LogP contribution in [0.15, 0.2) is 6.07 Å². The first-order valence-electron chi connectivity index (χ1n) is 7.95. The summed E-state index contributed by atoms with van der Waals surface area (Å²) in [5, 5.41) is 12.9. The molecule has 3 rings (SSSR count). The van der Waals surface area contributed by atoms with Crippen LogP contribution in [0.2, 0.25) is 0 Å². The maximum atomic E-state index is 9.37. The first kappa shape index (κ1) is 13.4. The molecule has 3 nitrogen and oxygen atoms in total. The summed E-state index contributed by atoms with van der Waals surface area (Å²) in [7, 11) is 0. The summed E-state index contributed by atoms with van der Waals surface area (Å²) < 4.78 is 0. The molecule has 106 valence electrons. The van der Waals surface area contributed by atoms with E-state index in [2.05, 4.69) is 24.4 Å². The number of aromatic nitrogens is 1. The van der Waals surface area contributed by atoms with Crippen LogP contribution in [0.5, 0.6) is 0 Å². The van der Waals surface area contributed by atoms with Gasteiger partial charge >= 0.3 is 0 Å². The van der Waals surface area contributed by atoms with Gasteiger partial charge in [0, 0.05) is 11.7 Å². The topological polar surface area (TPSA) is 48.7 Å². The third-order valence-corrected chi connectivity index (χ3v) is 4.70. The molecular formula is C17H23N3. The maximum absolute atomic E-state index is 9.37. The van der Waals surface area contributed by atoms with Crippen LogP contribution in [-0.2, 0) is 12.8 Å². The molecule has 20 heavy (non-hydrogen) atoms. The van der Waals surface area contributed by atoms with Crippen LogP contribution in [0, 0.1) is 17.2 Å². The monoisotopic (exact) mass is 269 g/mol. The highest BCUT2D eigenvalue weighted by atomic mass is 15.0. The highest BCUT2D eigenvalue weighted by Crippen LogP contribution is 2.29. The van der Waals surface area contributed by atoms with Crippen LogP contribution in [0.25, 0.3) is 0 Å². The van der Waals surface area contributed by atoms with Crippen LogP contribution >= 0.6 is 0 Å². The van der Waals surface area contributed by atoms with Gasteiger partial charge in [-0.1, -0.05) is 19.8 Å². The molecule has 2 atom stereocenters. The molecule has 0 aliphatic heterocycles. The van der Waals surface area contributed by atoms with Crippen molar-refractivity contribution in [1.29, 1.82) is 5.26 Å². The lowest BCUT2D eigenvalue weighted by atomic mass is 9.87. The number of rotatable bonds is 2. The Morgan fingerprint density at radius 3 is 2.90 bits per heavy atom. The van der Waals surface area contributed by atoms with Gasteiger partial charge in [0.1, 0.15) is 11.9 Å². The van der Waals surface area contributed by atoms with E-state index in [0.717, 1.165) is 30.1 Å². The molecule has 0 amide bonds. The Balaban J connectivity index is 1.83. The van der Waals surface area contributed by atoms with Crippen molar-refractivity contribution in [2.24, 2.45) is 5.92 Å². The molecule has 0 radical (unpaired) electrons. The van der Waals surface area contributed by atoms with Crippen molar-refractivity contribution in [2.45, 2.75) is 64.3 Å². The minimum absolute atomic E-state index is 0.486. The lowest BCUT2D eigenvalue weighted by molar-refractivity contribution is 0.358. The summed E-state index contributed by atoms with van der Waals surface area (Å²) >= 11 is 0. The van der Waals surface area contributed by atoms with Crippen LogP contribution < -0.4 is 5.32 Å². The van der Waals surface area contributed by atoms with Gasteiger partial charge < -0.3 is 5.32 Å². The largest absolute Gasteiger partial charge is 0.366 e. The highest BCUT2D eigenvalue weighted by molar-refractivity contribution is 5.55. The molecule has 1 aromatic rings. The summed E-state index contributed by atoms with van der Waals surface area (Å²) in [6.45, 7) is 2.32. The molecule has 2 unspecified atom stereocenters. The predicted molar refractivity (Wildman–Crippen MR) is 80.6 cm³/mol. The Morgan fingerprint density at radius 2 is 2.10 bits per heavy atom. The van der Waals surface area contributed by atoms with E-state index in [-0.39, 0.29) is 0 Å². The number of hydrogen-bond acceptors (Lipinski definition) is 3. The Labute approximate surface area is 121 Å². The fraction of sp³-hybridized carbons (Fsp3) is 0.647. The number of pyridine rings is 1. The maximum Gasteiger partial charge on any atom is 0.144 e.